The van der Waals surface area contributed by atoms with E-state index in [1.54, 1.807) is 6.20 Å². The number of nitrogens with zero attached hydrogens (tertiary/aromatic N) is 2. The number of carbonyl (C=O) groups excluding carboxylic acids is 1. The Labute approximate surface area is 201 Å². The molecule has 33 heavy (non-hydrogen) atoms. The molecule has 1 aliphatic heterocycles. The van der Waals surface area contributed by atoms with Gasteiger partial charge in [-0.25, -0.2) is 4.68 Å². The van der Waals surface area contributed by atoms with E-state index in [-0.39, 0.29) is 24.8 Å². The highest BCUT2D eigenvalue weighted by atomic mass is 79.9. The SMILES string of the molecule is C[C@@H]1C2CC(C[C@H]1Nc1cnn(CC(=O)NCc3ccc4c(c3)OCO4)c(=O)c1Br)C2(C)C. The lowest BCUT2D eigenvalue weighted by Crippen LogP contribution is -2.58. The van der Waals surface area contributed by atoms with Gasteiger partial charge in [-0.3, -0.25) is 9.59 Å². The molecule has 3 saturated carbocycles. The first-order valence-electron chi connectivity index (χ1n) is 11.4. The number of benzene rings is 1. The van der Waals surface area contributed by atoms with Gasteiger partial charge < -0.3 is 20.1 Å². The Balaban J connectivity index is 1.20. The highest BCUT2D eigenvalue weighted by molar-refractivity contribution is 9.10. The second kappa shape index (κ2) is 8.34. The van der Waals surface area contributed by atoms with Gasteiger partial charge in [-0.2, -0.15) is 5.10 Å². The number of hydrogen-bond acceptors (Lipinski definition) is 6. The molecule has 1 amide bonds. The van der Waals surface area contributed by atoms with Crippen molar-refractivity contribution in [1.29, 1.82) is 0 Å². The highest BCUT2D eigenvalue weighted by Gasteiger charge is 2.56. The maximum Gasteiger partial charge on any atom is 0.283 e. The molecule has 0 spiro atoms. The summed E-state index contributed by atoms with van der Waals surface area (Å²) in [7, 11) is 0. The van der Waals surface area contributed by atoms with Crippen LogP contribution in [0.1, 0.15) is 39.2 Å². The van der Waals surface area contributed by atoms with Crippen molar-refractivity contribution in [2.24, 2.45) is 23.2 Å². The molecule has 8 nitrogen and oxygen atoms in total. The number of carbonyl (C=O) groups is 1. The summed E-state index contributed by atoms with van der Waals surface area (Å²) in [5.41, 5.74) is 1.65. The van der Waals surface area contributed by atoms with Gasteiger partial charge >= 0.3 is 0 Å². The molecular formula is C24H29BrN4O4. The third-order valence-corrected chi connectivity index (χ3v) is 8.67. The largest absolute Gasteiger partial charge is 0.454 e. The summed E-state index contributed by atoms with van der Waals surface area (Å²) in [6.07, 6.45) is 4.03. The Morgan fingerprint density at radius 3 is 2.82 bits per heavy atom. The van der Waals surface area contributed by atoms with E-state index in [0.717, 1.165) is 17.9 Å². The van der Waals surface area contributed by atoms with Gasteiger partial charge in [0, 0.05) is 12.6 Å². The quantitative estimate of drug-likeness (QED) is 0.609. The molecule has 1 aromatic carbocycles. The fraction of sp³-hybridized carbons (Fsp3) is 0.542. The van der Waals surface area contributed by atoms with E-state index in [9.17, 15) is 9.59 Å². The van der Waals surface area contributed by atoms with Crippen LogP contribution < -0.4 is 25.7 Å². The molecule has 2 aromatic rings. The predicted octanol–water partition coefficient (Wildman–Crippen LogP) is 3.53. The Kier molecular flexibility index (Phi) is 5.63. The monoisotopic (exact) mass is 516 g/mol. The Bertz CT molecular complexity index is 1150. The van der Waals surface area contributed by atoms with Crippen molar-refractivity contribution >= 4 is 27.5 Å². The summed E-state index contributed by atoms with van der Waals surface area (Å²) in [5, 5.41) is 10.6. The maximum atomic E-state index is 12.8. The molecule has 0 radical (unpaired) electrons. The van der Waals surface area contributed by atoms with Crippen molar-refractivity contribution in [2.75, 3.05) is 12.1 Å². The Hall–Kier alpha value is -2.55. The van der Waals surface area contributed by atoms with Crippen LogP contribution in [-0.4, -0.2) is 28.5 Å². The summed E-state index contributed by atoms with van der Waals surface area (Å²) in [6.45, 7) is 7.41. The molecule has 176 valence electrons. The molecule has 2 heterocycles. The Morgan fingerprint density at radius 2 is 2.06 bits per heavy atom. The van der Waals surface area contributed by atoms with E-state index in [4.69, 9.17) is 9.47 Å². The number of rotatable bonds is 6. The fourth-order valence-electron chi connectivity index (χ4n) is 5.66. The topological polar surface area (TPSA) is 94.5 Å². The van der Waals surface area contributed by atoms with Gasteiger partial charge in [0.25, 0.3) is 5.56 Å². The van der Waals surface area contributed by atoms with Crippen LogP contribution in [-0.2, 0) is 17.9 Å². The molecular weight excluding hydrogens is 488 g/mol. The molecule has 6 rings (SSSR count). The minimum Gasteiger partial charge on any atom is -0.454 e. The first kappa shape index (κ1) is 22.3. The number of aromatic nitrogens is 2. The summed E-state index contributed by atoms with van der Waals surface area (Å²) < 4.78 is 12.2. The molecule has 2 N–H and O–H groups in total. The summed E-state index contributed by atoms with van der Waals surface area (Å²) in [5.74, 6) is 3.02. The van der Waals surface area contributed by atoms with E-state index < -0.39 is 0 Å². The third kappa shape index (κ3) is 4.00. The van der Waals surface area contributed by atoms with Crippen LogP contribution in [0.25, 0.3) is 0 Å². The fourth-order valence-corrected chi connectivity index (χ4v) is 6.08. The Morgan fingerprint density at radius 1 is 1.27 bits per heavy atom. The summed E-state index contributed by atoms with van der Waals surface area (Å²) >= 11 is 3.43. The first-order valence-corrected chi connectivity index (χ1v) is 12.2. The van der Waals surface area contributed by atoms with Gasteiger partial charge in [0.2, 0.25) is 12.7 Å². The molecule has 4 aliphatic rings. The highest BCUT2D eigenvalue weighted by Crippen LogP contribution is 2.61. The second-order valence-electron chi connectivity index (χ2n) is 10.0. The van der Waals surface area contributed by atoms with Gasteiger partial charge in [0.05, 0.1) is 11.9 Å². The lowest BCUT2D eigenvalue weighted by Gasteiger charge is -2.62. The van der Waals surface area contributed by atoms with E-state index in [0.29, 0.717) is 51.5 Å². The van der Waals surface area contributed by atoms with Crippen molar-refractivity contribution in [2.45, 2.75) is 52.7 Å². The van der Waals surface area contributed by atoms with Crippen molar-refractivity contribution in [3.05, 3.63) is 44.8 Å². The molecule has 4 atom stereocenters. The summed E-state index contributed by atoms with van der Waals surface area (Å²) in [4.78, 5) is 25.3. The number of halogens is 1. The number of ether oxygens (including phenoxy) is 2. The minimum atomic E-state index is -0.327. The molecule has 2 bridgehead atoms. The number of nitrogens with one attached hydrogen (secondary N) is 2. The van der Waals surface area contributed by atoms with Gasteiger partial charge in [0.1, 0.15) is 11.0 Å². The number of anilines is 1. The zero-order valence-corrected chi connectivity index (χ0v) is 20.6. The normalized spacial score (nSPS) is 26.4. The average Bonchev–Trinajstić information content (AvgIpc) is 3.26. The van der Waals surface area contributed by atoms with E-state index in [2.05, 4.69) is 52.4 Å². The number of fused-ring (bicyclic) bond motifs is 3. The number of hydrogen-bond donors (Lipinski definition) is 2. The van der Waals surface area contributed by atoms with Crippen molar-refractivity contribution in [3.63, 3.8) is 0 Å². The van der Waals surface area contributed by atoms with Crippen LogP contribution in [0.3, 0.4) is 0 Å². The van der Waals surface area contributed by atoms with E-state index in [1.165, 1.54) is 11.1 Å². The van der Waals surface area contributed by atoms with Crippen molar-refractivity contribution in [1.82, 2.24) is 15.1 Å². The zero-order chi connectivity index (χ0) is 23.3. The van der Waals surface area contributed by atoms with Gasteiger partial charge in [0.15, 0.2) is 11.5 Å². The summed E-state index contributed by atoms with van der Waals surface area (Å²) in [6, 6.07) is 5.84. The van der Waals surface area contributed by atoms with Crippen LogP contribution >= 0.6 is 15.9 Å². The molecule has 3 fully saturated rings. The standard InChI is InChI=1S/C24H29BrN4O4/c1-13-16-7-15(24(16,2)3)8-17(13)28-18-10-27-29(23(31)22(18)25)11-21(30)26-9-14-4-5-19-20(6-14)33-12-32-19/h4-6,10,13,15-17,28H,7-9,11-12H2,1-3H3,(H,26,30)/t13-,15?,16?,17-/m1/s1. The molecule has 0 saturated heterocycles. The van der Waals surface area contributed by atoms with Crippen molar-refractivity contribution in [3.8, 4) is 11.5 Å². The molecule has 2 unspecified atom stereocenters. The second-order valence-corrected chi connectivity index (χ2v) is 10.8. The zero-order valence-electron chi connectivity index (χ0n) is 19.1. The molecule has 1 aromatic heterocycles. The maximum absolute atomic E-state index is 12.8. The average molecular weight is 517 g/mol. The smallest absolute Gasteiger partial charge is 0.283 e. The third-order valence-electron chi connectivity index (χ3n) is 7.90. The van der Waals surface area contributed by atoms with Gasteiger partial charge in [-0.05, 0) is 69.6 Å². The van der Waals surface area contributed by atoms with E-state index in [1.807, 2.05) is 18.2 Å². The molecule has 9 heteroatoms. The lowest BCUT2D eigenvalue weighted by molar-refractivity contribution is -0.122. The molecule has 3 aliphatic carbocycles. The van der Waals surface area contributed by atoms with Crippen LogP contribution in [0.4, 0.5) is 5.69 Å². The van der Waals surface area contributed by atoms with Crippen molar-refractivity contribution < 1.29 is 14.3 Å². The minimum absolute atomic E-state index is 0.152. The van der Waals surface area contributed by atoms with Crippen LogP contribution in [0.15, 0.2) is 33.7 Å². The van der Waals surface area contributed by atoms with Gasteiger partial charge in [-0.15, -0.1) is 0 Å². The van der Waals surface area contributed by atoms with Crippen LogP contribution in [0.2, 0.25) is 0 Å². The van der Waals surface area contributed by atoms with E-state index >= 15 is 0 Å². The predicted molar refractivity (Wildman–Crippen MR) is 127 cm³/mol. The first-order chi connectivity index (χ1) is 15.7. The van der Waals surface area contributed by atoms with Crippen LogP contribution in [0.5, 0.6) is 11.5 Å². The lowest BCUT2D eigenvalue weighted by atomic mass is 9.45. The number of amides is 1. The van der Waals surface area contributed by atoms with Crippen LogP contribution in [0, 0.1) is 23.2 Å². The van der Waals surface area contributed by atoms with Gasteiger partial charge in [-0.1, -0.05) is 26.8 Å².